The average molecular weight is 283 g/mol. The van der Waals surface area contributed by atoms with Crippen molar-refractivity contribution in [2.45, 2.75) is 33.3 Å². The zero-order chi connectivity index (χ0) is 14.7. The predicted octanol–water partition coefficient (Wildman–Crippen LogP) is 2.88. The second-order valence-electron chi connectivity index (χ2n) is 5.41. The molecule has 0 unspecified atom stereocenters. The van der Waals surface area contributed by atoms with E-state index in [0.717, 1.165) is 48.9 Å². The Morgan fingerprint density at radius 2 is 2.19 bits per heavy atom. The fourth-order valence-corrected chi connectivity index (χ4v) is 2.68. The van der Waals surface area contributed by atoms with Gasteiger partial charge < -0.3 is 10.1 Å². The van der Waals surface area contributed by atoms with Gasteiger partial charge in [-0.05, 0) is 19.4 Å². The number of aromatic nitrogens is 2. The van der Waals surface area contributed by atoms with Crippen LogP contribution >= 0.6 is 0 Å². The summed E-state index contributed by atoms with van der Waals surface area (Å²) in [7, 11) is 0. The van der Waals surface area contributed by atoms with Gasteiger partial charge in [-0.1, -0.05) is 29.8 Å². The number of benzene rings is 1. The highest BCUT2D eigenvalue weighted by Gasteiger charge is 2.18. The van der Waals surface area contributed by atoms with Crippen LogP contribution in [-0.4, -0.2) is 23.1 Å². The third kappa shape index (κ3) is 3.22. The molecular formula is C17H21N3O. The molecule has 0 fully saturated rings. The van der Waals surface area contributed by atoms with Gasteiger partial charge in [0.2, 0.25) is 0 Å². The summed E-state index contributed by atoms with van der Waals surface area (Å²) in [5, 5.41) is 3.34. The van der Waals surface area contributed by atoms with Crippen molar-refractivity contribution < 1.29 is 4.74 Å². The fraction of sp³-hybridized carbons (Fsp3) is 0.412. The minimum absolute atomic E-state index is 0.613. The quantitative estimate of drug-likeness (QED) is 0.937. The van der Waals surface area contributed by atoms with Gasteiger partial charge in [-0.3, -0.25) is 0 Å². The monoisotopic (exact) mass is 283 g/mol. The number of nitrogens with one attached hydrogen (secondary N) is 1. The minimum atomic E-state index is 0.613. The normalized spacial score (nSPS) is 13.8. The first-order chi connectivity index (χ1) is 10.3. The van der Waals surface area contributed by atoms with Crippen LogP contribution in [0.25, 0.3) is 0 Å². The Bertz CT molecular complexity index is 640. The lowest BCUT2D eigenvalue weighted by Gasteiger charge is -2.20. The van der Waals surface area contributed by atoms with Crippen molar-refractivity contribution in [3.63, 3.8) is 0 Å². The van der Waals surface area contributed by atoms with Crippen LogP contribution in [-0.2, 0) is 24.2 Å². The number of anilines is 1. The summed E-state index contributed by atoms with van der Waals surface area (Å²) < 4.78 is 5.54. The molecule has 110 valence electrons. The maximum atomic E-state index is 5.54. The summed E-state index contributed by atoms with van der Waals surface area (Å²) in [5.74, 6) is 1.82. The van der Waals surface area contributed by atoms with Gasteiger partial charge >= 0.3 is 0 Å². The summed E-state index contributed by atoms with van der Waals surface area (Å²) in [6.45, 7) is 6.41. The van der Waals surface area contributed by atoms with E-state index in [9.17, 15) is 0 Å². The van der Waals surface area contributed by atoms with E-state index in [1.807, 2.05) is 0 Å². The highest BCUT2D eigenvalue weighted by molar-refractivity contribution is 5.47. The van der Waals surface area contributed by atoms with E-state index in [1.54, 1.807) is 0 Å². The Balaban J connectivity index is 1.93. The van der Waals surface area contributed by atoms with Crippen LogP contribution in [0.4, 0.5) is 5.82 Å². The molecule has 0 bridgehead atoms. The number of nitrogens with zero attached hydrogens (tertiary/aromatic N) is 2. The lowest BCUT2D eigenvalue weighted by Crippen LogP contribution is -2.18. The van der Waals surface area contributed by atoms with Crippen molar-refractivity contribution in [1.29, 1.82) is 0 Å². The predicted molar refractivity (Wildman–Crippen MR) is 83.5 cm³/mol. The van der Waals surface area contributed by atoms with Crippen LogP contribution in [0.5, 0.6) is 0 Å². The van der Waals surface area contributed by atoms with Gasteiger partial charge in [0.1, 0.15) is 11.6 Å². The molecule has 1 aromatic heterocycles. The van der Waals surface area contributed by atoms with Crippen molar-refractivity contribution in [2.75, 3.05) is 18.5 Å². The molecule has 0 spiro atoms. The molecule has 1 aliphatic rings. The van der Waals surface area contributed by atoms with E-state index in [-0.39, 0.29) is 0 Å². The van der Waals surface area contributed by atoms with Crippen LogP contribution < -0.4 is 5.32 Å². The number of fused-ring (bicyclic) bond motifs is 1. The number of ether oxygens (including phenoxy) is 1. The fourth-order valence-electron chi connectivity index (χ4n) is 2.68. The summed E-state index contributed by atoms with van der Waals surface area (Å²) in [6.07, 6.45) is 1.64. The molecule has 2 aromatic rings. The molecule has 0 atom stereocenters. The standard InChI is InChI=1S/C17H21N3O/c1-3-18-17-14-11-21-8-7-15(14)19-16(20-17)10-13-6-4-5-12(2)9-13/h4-6,9H,3,7-8,10-11H2,1-2H3,(H,18,19,20). The molecule has 0 saturated heterocycles. The zero-order valence-electron chi connectivity index (χ0n) is 12.6. The highest BCUT2D eigenvalue weighted by atomic mass is 16.5. The topological polar surface area (TPSA) is 47.0 Å². The number of hydrogen-bond donors (Lipinski definition) is 1. The second kappa shape index (κ2) is 6.22. The summed E-state index contributed by atoms with van der Waals surface area (Å²) in [4.78, 5) is 9.45. The van der Waals surface area contributed by atoms with Crippen molar-refractivity contribution in [2.24, 2.45) is 0 Å². The van der Waals surface area contributed by atoms with Crippen LogP contribution in [0.2, 0.25) is 0 Å². The van der Waals surface area contributed by atoms with Crippen LogP contribution in [0.1, 0.15) is 35.1 Å². The smallest absolute Gasteiger partial charge is 0.135 e. The van der Waals surface area contributed by atoms with E-state index in [1.165, 1.54) is 11.1 Å². The second-order valence-corrected chi connectivity index (χ2v) is 5.41. The van der Waals surface area contributed by atoms with Crippen LogP contribution in [0, 0.1) is 6.92 Å². The molecule has 2 heterocycles. The molecule has 0 saturated carbocycles. The third-order valence-electron chi connectivity index (χ3n) is 3.66. The van der Waals surface area contributed by atoms with E-state index < -0.39 is 0 Å². The summed E-state index contributed by atoms with van der Waals surface area (Å²) in [5.41, 5.74) is 4.78. The molecule has 4 heteroatoms. The Labute approximate surface area is 125 Å². The molecule has 21 heavy (non-hydrogen) atoms. The molecule has 1 aliphatic heterocycles. The van der Waals surface area contributed by atoms with Crippen molar-refractivity contribution in [3.05, 3.63) is 52.5 Å². The summed E-state index contributed by atoms with van der Waals surface area (Å²) in [6, 6.07) is 8.52. The molecule has 3 rings (SSSR count). The maximum Gasteiger partial charge on any atom is 0.135 e. The van der Waals surface area contributed by atoms with Gasteiger partial charge in [-0.2, -0.15) is 0 Å². The molecule has 1 aromatic carbocycles. The van der Waals surface area contributed by atoms with E-state index in [4.69, 9.17) is 14.7 Å². The number of aryl methyl sites for hydroxylation is 1. The Morgan fingerprint density at radius 1 is 1.29 bits per heavy atom. The third-order valence-corrected chi connectivity index (χ3v) is 3.66. The molecule has 0 amide bonds. The zero-order valence-corrected chi connectivity index (χ0v) is 12.6. The van der Waals surface area contributed by atoms with Crippen LogP contribution in [0.3, 0.4) is 0 Å². The lowest BCUT2D eigenvalue weighted by atomic mass is 10.1. The molecule has 1 N–H and O–H groups in total. The van der Waals surface area contributed by atoms with Crippen molar-refractivity contribution in [3.8, 4) is 0 Å². The van der Waals surface area contributed by atoms with E-state index >= 15 is 0 Å². The van der Waals surface area contributed by atoms with Gasteiger partial charge in [-0.15, -0.1) is 0 Å². The molecule has 4 nitrogen and oxygen atoms in total. The summed E-state index contributed by atoms with van der Waals surface area (Å²) >= 11 is 0. The number of hydrogen-bond acceptors (Lipinski definition) is 4. The molecular weight excluding hydrogens is 262 g/mol. The van der Waals surface area contributed by atoms with E-state index in [2.05, 4.69) is 43.4 Å². The minimum Gasteiger partial charge on any atom is -0.376 e. The molecule has 0 radical (unpaired) electrons. The first kappa shape index (κ1) is 14.0. The van der Waals surface area contributed by atoms with Gasteiger partial charge in [0.25, 0.3) is 0 Å². The first-order valence-electron chi connectivity index (χ1n) is 7.52. The number of rotatable bonds is 4. The van der Waals surface area contributed by atoms with Gasteiger partial charge in [0.15, 0.2) is 0 Å². The molecule has 0 aliphatic carbocycles. The Hall–Kier alpha value is -1.94. The highest BCUT2D eigenvalue weighted by Crippen LogP contribution is 2.23. The van der Waals surface area contributed by atoms with Crippen molar-refractivity contribution >= 4 is 5.82 Å². The lowest BCUT2D eigenvalue weighted by molar-refractivity contribution is 0.109. The Kier molecular flexibility index (Phi) is 4.15. The SMILES string of the molecule is CCNc1nc(Cc2cccc(C)c2)nc2c1COCC2. The Morgan fingerprint density at radius 3 is 3.00 bits per heavy atom. The maximum absolute atomic E-state index is 5.54. The van der Waals surface area contributed by atoms with Gasteiger partial charge in [-0.25, -0.2) is 9.97 Å². The van der Waals surface area contributed by atoms with E-state index in [0.29, 0.717) is 6.61 Å². The van der Waals surface area contributed by atoms with Gasteiger partial charge in [0.05, 0.1) is 18.9 Å². The van der Waals surface area contributed by atoms with Crippen molar-refractivity contribution in [1.82, 2.24) is 9.97 Å². The van der Waals surface area contributed by atoms with Gasteiger partial charge in [0, 0.05) is 24.9 Å². The largest absolute Gasteiger partial charge is 0.376 e. The average Bonchev–Trinajstić information content (AvgIpc) is 2.47. The first-order valence-corrected chi connectivity index (χ1v) is 7.52. The van der Waals surface area contributed by atoms with Crippen LogP contribution in [0.15, 0.2) is 24.3 Å².